The number of aliphatic carboxylic acids is 1. The van der Waals surface area contributed by atoms with Gasteiger partial charge < -0.3 is 10.0 Å². The van der Waals surface area contributed by atoms with Crippen LogP contribution in [0.4, 0.5) is 13.2 Å². The minimum Gasteiger partial charge on any atom is -0.481 e. The molecule has 2 heterocycles. The van der Waals surface area contributed by atoms with E-state index in [4.69, 9.17) is 5.11 Å². The number of hydrogen-bond acceptors (Lipinski definition) is 4. The number of carboxylic acid groups (broad SMARTS) is 1. The van der Waals surface area contributed by atoms with Crippen LogP contribution in [0.15, 0.2) is 30.5 Å². The van der Waals surface area contributed by atoms with Gasteiger partial charge >= 0.3 is 12.1 Å². The Kier molecular flexibility index (Phi) is 4.90. The number of aromatic nitrogens is 3. The van der Waals surface area contributed by atoms with Crippen molar-refractivity contribution in [3.05, 3.63) is 41.7 Å². The number of rotatable bonds is 3. The number of nitrogens with zero attached hydrogens (tertiary/aromatic N) is 4. The van der Waals surface area contributed by atoms with Crippen LogP contribution in [0, 0.1) is 11.8 Å². The third-order valence-corrected chi connectivity index (χ3v) is 4.68. The zero-order chi connectivity index (χ0) is 19.8. The minimum atomic E-state index is -4.57. The van der Waals surface area contributed by atoms with Crippen molar-refractivity contribution in [2.75, 3.05) is 13.1 Å². The van der Waals surface area contributed by atoms with Crippen molar-refractivity contribution in [3.8, 4) is 5.69 Å². The zero-order valence-electron chi connectivity index (χ0n) is 14.3. The number of likely N-dealkylation sites (tertiary alicyclic amines) is 1. The van der Waals surface area contributed by atoms with Crippen molar-refractivity contribution < 1.29 is 27.9 Å². The summed E-state index contributed by atoms with van der Waals surface area (Å²) in [5.74, 6) is -2.14. The first kappa shape index (κ1) is 18.9. The average molecular weight is 382 g/mol. The second kappa shape index (κ2) is 7.01. The Balaban J connectivity index is 1.81. The number of hydrogen-bond donors (Lipinski definition) is 1. The van der Waals surface area contributed by atoms with Gasteiger partial charge in [-0.1, -0.05) is 24.3 Å². The highest BCUT2D eigenvalue weighted by Gasteiger charge is 2.35. The summed E-state index contributed by atoms with van der Waals surface area (Å²) in [6.45, 7) is 2.22. The van der Waals surface area contributed by atoms with Crippen molar-refractivity contribution in [3.63, 3.8) is 0 Å². The van der Waals surface area contributed by atoms with Crippen molar-refractivity contribution in [2.24, 2.45) is 11.8 Å². The summed E-state index contributed by atoms with van der Waals surface area (Å²) < 4.78 is 40.4. The van der Waals surface area contributed by atoms with Crippen LogP contribution in [0.3, 0.4) is 0 Å². The number of para-hydroxylation sites is 1. The first-order valence-corrected chi connectivity index (χ1v) is 8.29. The lowest BCUT2D eigenvalue weighted by molar-refractivity contribution is -0.145. The second-order valence-corrected chi connectivity index (χ2v) is 6.53. The fourth-order valence-electron chi connectivity index (χ4n) is 3.25. The summed E-state index contributed by atoms with van der Waals surface area (Å²) in [6, 6.07) is 4.87. The fourth-order valence-corrected chi connectivity index (χ4v) is 3.25. The highest BCUT2D eigenvalue weighted by molar-refractivity contribution is 5.92. The Morgan fingerprint density at radius 1 is 1.26 bits per heavy atom. The van der Waals surface area contributed by atoms with Crippen LogP contribution in [0.1, 0.15) is 29.4 Å². The molecule has 0 aliphatic carbocycles. The fraction of sp³-hybridized carbons (Fsp3) is 0.412. The first-order chi connectivity index (χ1) is 12.7. The van der Waals surface area contributed by atoms with E-state index in [1.807, 2.05) is 0 Å². The number of alkyl halides is 3. The SMILES string of the molecule is CC1CN(C(=O)c2cn(-c3ccccc3C(F)(F)F)nn2)CCC1C(=O)O. The summed E-state index contributed by atoms with van der Waals surface area (Å²) in [5.41, 5.74) is -1.20. The Morgan fingerprint density at radius 3 is 2.59 bits per heavy atom. The predicted octanol–water partition coefficient (Wildman–Crippen LogP) is 2.47. The quantitative estimate of drug-likeness (QED) is 0.881. The molecule has 0 saturated carbocycles. The highest BCUT2D eigenvalue weighted by Crippen LogP contribution is 2.33. The molecule has 10 heteroatoms. The van der Waals surface area contributed by atoms with E-state index in [2.05, 4.69) is 10.3 Å². The maximum absolute atomic E-state index is 13.2. The van der Waals surface area contributed by atoms with Crippen LogP contribution in [0.25, 0.3) is 5.69 Å². The molecule has 1 aromatic heterocycles. The third kappa shape index (κ3) is 3.79. The van der Waals surface area contributed by atoms with Gasteiger partial charge in [0.15, 0.2) is 5.69 Å². The Hall–Kier alpha value is -2.91. The van der Waals surface area contributed by atoms with Crippen LogP contribution in [-0.4, -0.2) is 50.0 Å². The molecule has 2 unspecified atom stereocenters. The number of halogens is 3. The molecule has 27 heavy (non-hydrogen) atoms. The minimum absolute atomic E-state index is 0.0899. The van der Waals surface area contributed by atoms with Gasteiger partial charge in [0.25, 0.3) is 5.91 Å². The predicted molar refractivity (Wildman–Crippen MR) is 87.2 cm³/mol. The van der Waals surface area contributed by atoms with Crippen LogP contribution in [-0.2, 0) is 11.0 Å². The van der Waals surface area contributed by atoms with Gasteiger partial charge in [-0.3, -0.25) is 9.59 Å². The van der Waals surface area contributed by atoms with Gasteiger partial charge in [0.2, 0.25) is 0 Å². The first-order valence-electron chi connectivity index (χ1n) is 8.29. The molecule has 0 radical (unpaired) electrons. The molecule has 2 aromatic rings. The van der Waals surface area contributed by atoms with Crippen molar-refractivity contribution in [2.45, 2.75) is 19.5 Å². The Morgan fingerprint density at radius 2 is 1.96 bits per heavy atom. The lowest BCUT2D eigenvalue weighted by atomic mass is 9.87. The highest BCUT2D eigenvalue weighted by atomic mass is 19.4. The zero-order valence-corrected chi connectivity index (χ0v) is 14.3. The van der Waals surface area contributed by atoms with E-state index in [1.165, 1.54) is 23.1 Å². The lowest BCUT2D eigenvalue weighted by Gasteiger charge is -2.34. The van der Waals surface area contributed by atoms with Gasteiger partial charge in [-0.25, -0.2) is 4.68 Å². The second-order valence-electron chi connectivity index (χ2n) is 6.53. The van der Waals surface area contributed by atoms with Gasteiger partial charge in [0.05, 0.1) is 23.4 Å². The molecular weight excluding hydrogens is 365 g/mol. The molecule has 0 spiro atoms. The van der Waals surface area contributed by atoms with Gasteiger partial charge in [-0.05, 0) is 24.5 Å². The molecule has 1 aliphatic rings. The summed E-state index contributed by atoms with van der Waals surface area (Å²) in [4.78, 5) is 25.2. The molecule has 1 aromatic carbocycles. The number of carbonyl (C=O) groups excluding carboxylic acids is 1. The number of piperidine rings is 1. The summed E-state index contributed by atoms with van der Waals surface area (Å²) in [7, 11) is 0. The van der Waals surface area contributed by atoms with Crippen LogP contribution in [0.2, 0.25) is 0 Å². The van der Waals surface area contributed by atoms with Crippen molar-refractivity contribution in [1.82, 2.24) is 19.9 Å². The molecule has 1 fully saturated rings. The molecule has 2 atom stereocenters. The molecule has 7 nitrogen and oxygen atoms in total. The molecular formula is C17H17F3N4O3. The largest absolute Gasteiger partial charge is 0.481 e. The van der Waals surface area contributed by atoms with Crippen molar-refractivity contribution >= 4 is 11.9 Å². The average Bonchev–Trinajstić information content (AvgIpc) is 3.10. The van der Waals surface area contributed by atoms with Gasteiger partial charge in [0.1, 0.15) is 0 Å². The van der Waals surface area contributed by atoms with Crippen molar-refractivity contribution in [1.29, 1.82) is 0 Å². The number of benzene rings is 1. The van der Waals surface area contributed by atoms with E-state index in [0.29, 0.717) is 6.42 Å². The lowest BCUT2D eigenvalue weighted by Crippen LogP contribution is -2.45. The maximum Gasteiger partial charge on any atom is 0.418 e. The molecule has 0 bridgehead atoms. The molecule has 1 amide bonds. The van der Waals surface area contributed by atoms with E-state index in [1.54, 1.807) is 6.92 Å². The topological polar surface area (TPSA) is 88.3 Å². The molecule has 144 valence electrons. The number of amides is 1. The summed E-state index contributed by atoms with van der Waals surface area (Å²) >= 11 is 0. The maximum atomic E-state index is 13.2. The summed E-state index contributed by atoms with van der Waals surface area (Å²) in [5, 5.41) is 16.5. The molecule has 1 aliphatic heterocycles. The molecule has 1 N–H and O–H groups in total. The van der Waals surface area contributed by atoms with E-state index in [9.17, 15) is 22.8 Å². The van der Waals surface area contributed by atoms with Crippen LogP contribution < -0.4 is 0 Å². The van der Waals surface area contributed by atoms with Gasteiger partial charge in [-0.15, -0.1) is 5.10 Å². The Bertz CT molecular complexity index is 865. The molecule has 1 saturated heterocycles. The third-order valence-electron chi connectivity index (χ3n) is 4.68. The standard InChI is InChI=1S/C17H17F3N4O3/c1-10-8-23(7-6-11(10)16(26)27)15(25)13-9-24(22-21-13)14-5-3-2-4-12(14)17(18,19)20/h2-5,9-11H,6-8H2,1H3,(H,26,27). The van der Waals surface area contributed by atoms with Gasteiger partial charge in [0, 0.05) is 13.1 Å². The molecule has 3 rings (SSSR count). The van der Waals surface area contributed by atoms with E-state index >= 15 is 0 Å². The van der Waals surface area contributed by atoms with E-state index < -0.39 is 29.5 Å². The van der Waals surface area contributed by atoms with Gasteiger partial charge in [-0.2, -0.15) is 13.2 Å². The van der Waals surface area contributed by atoms with Crippen LogP contribution in [0.5, 0.6) is 0 Å². The number of carbonyl (C=O) groups is 2. The van der Waals surface area contributed by atoms with Crippen LogP contribution >= 0.6 is 0 Å². The number of carboxylic acids is 1. The monoisotopic (exact) mass is 382 g/mol. The summed E-state index contributed by atoms with van der Waals surface area (Å²) in [6.07, 6.45) is -3.10. The smallest absolute Gasteiger partial charge is 0.418 e. The normalized spacial score (nSPS) is 20.5. The Labute approximate surface area is 152 Å². The van der Waals surface area contributed by atoms with E-state index in [0.717, 1.165) is 16.9 Å². The van der Waals surface area contributed by atoms with E-state index in [-0.39, 0.29) is 30.4 Å².